The van der Waals surface area contributed by atoms with Crippen molar-refractivity contribution in [3.05, 3.63) is 52.5 Å². The van der Waals surface area contributed by atoms with Crippen molar-refractivity contribution in [2.45, 2.75) is 59.8 Å². The van der Waals surface area contributed by atoms with E-state index in [1.165, 1.54) is 22.3 Å². The normalized spacial score (nSPS) is 14.5. The molecule has 1 aliphatic rings. The average Bonchev–Trinajstić information content (AvgIpc) is 3.08. The quantitative estimate of drug-likeness (QED) is 0.801. The number of rotatable bonds is 6. The van der Waals surface area contributed by atoms with Gasteiger partial charge in [0.05, 0.1) is 11.4 Å². The van der Waals surface area contributed by atoms with E-state index < -0.39 is 0 Å². The number of aliphatic hydroxyl groups is 1. The van der Waals surface area contributed by atoms with Gasteiger partial charge in [0.25, 0.3) is 0 Å². The molecule has 2 heterocycles. The molecule has 1 aliphatic carbocycles. The van der Waals surface area contributed by atoms with Gasteiger partial charge in [-0.25, -0.2) is 0 Å². The Morgan fingerprint density at radius 1 is 1.04 bits per heavy atom. The summed E-state index contributed by atoms with van der Waals surface area (Å²) in [6.45, 7) is 11.0. The summed E-state index contributed by atoms with van der Waals surface area (Å²) in [5.41, 5.74) is 9.37. The first-order chi connectivity index (χ1) is 12.5. The fourth-order valence-corrected chi connectivity index (χ4v) is 3.71. The summed E-state index contributed by atoms with van der Waals surface area (Å²) < 4.78 is 0. The Balaban J connectivity index is 2.11. The first-order valence-electron chi connectivity index (χ1n) is 9.84. The van der Waals surface area contributed by atoms with E-state index in [1.54, 1.807) is 0 Å². The topological polar surface area (TPSA) is 46.0 Å². The molecule has 0 fully saturated rings. The fraction of sp³-hybridized carbons (Fsp3) is 0.478. The van der Waals surface area contributed by atoms with E-state index in [-0.39, 0.29) is 12.5 Å². The molecule has 0 unspecified atom stereocenters. The van der Waals surface area contributed by atoms with Crippen LogP contribution in [0.4, 0.5) is 0 Å². The lowest BCUT2D eigenvalue weighted by Crippen LogP contribution is -2.06. The molecule has 2 aromatic heterocycles. The van der Waals surface area contributed by atoms with Gasteiger partial charge in [0.15, 0.2) is 0 Å². The second-order valence-electron chi connectivity index (χ2n) is 7.53. The minimum atomic E-state index is 0.159. The lowest BCUT2D eigenvalue weighted by Gasteiger charge is -2.17. The molecule has 3 rings (SSSR count). The van der Waals surface area contributed by atoms with Crippen molar-refractivity contribution in [1.29, 1.82) is 0 Å². The van der Waals surface area contributed by atoms with E-state index in [0.29, 0.717) is 5.92 Å². The molecule has 138 valence electrons. The van der Waals surface area contributed by atoms with Gasteiger partial charge in [-0.1, -0.05) is 40.7 Å². The summed E-state index contributed by atoms with van der Waals surface area (Å²) in [4.78, 5) is 9.98. The average molecular weight is 351 g/mol. The van der Waals surface area contributed by atoms with Crippen molar-refractivity contribution < 1.29 is 5.11 Å². The highest BCUT2D eigenvalue weighted by molar-refractivity contribution is 5.77. The predicted octanol–water partition coefficient (Wildman–Crippen LogP) is 4.96. The van der Waals surface area contributed by atoms with E-state index >= 15 is 0 Å². The lowest BCUT2D eigenvalue weighted by molar-refractivity contribution is 0.266. The Morgan fingerprint density at radius 3 is 2.42 bits per heavy atom. The van der Waals surface area contributed by atoms with Crippen LogP contribution in [0.5, 0.6) is 0 Å². The number of aromatic nitrogens is 2. The fourth-order valence-electron chi connectivity index (χ4n) is 3.71. The number of nitrogens with zero attached hydrogens (tertiary/aromatic N) is 2. The second kappa shape index (κ2) is 7.71. The zero-order valence-electron chi connectivity index (χ0n) is 16.6. The molecule has 26 heavy (non-hydrogen) atoms. The third kappa shape index (κ3) is 3.33. The molecule has 0 aromatic carbocycles. The number of pyridine rings is 2. The molecule has 0 saturated heterocycles. The van der Waals surface area contributed by atoms with E-state index in [1.807, 2.05) is 0 Å². The molecule has 0 aliphatic heterocycles. The molecule has 3 heteroatoms. The van der Waals surface area contributed by atoms with Crippen molar-refractivity contribution in [1.82, 2.24) is 9.97 Å². The number of fused-ring (bicyclic) bond motifs is 1. The lowest BCUT2D eigenvalue weighted by atomic mass is 9.93. The molecule has 0 radical (unpaired) electrons. The zero-order valence-corrected chi connectivity index (χ0v) is 16.6. The Hall–Kier alpha value is -2.00. The van der Waals surface area contributed by atoms with Gasteiger partial charge in [-0.15, -0.1) is 0 Å². The van der Waals surface area contributed by atoms with Gasteiger partial charge < -0.3 is 5.11 Å². The van der Waals surface area contributed by atoms with Crippen LogP contribution in [-0.4, -0.2) is 21.7 Å². The molecule has 0 bridgehead atoms. The third-order valence-electron chi connectivity index (χ3n) is 5.37. The van der Waals surface area contributed by atoms with E-state index in [0.717, 1.165) is 42.0 Å². The Labute approximate surface area is 157 Å². The minimum absolute atomic E-state index is 0.159. The minimum Gasteiger partial charge on any atom is -0.396 e. The van der Waals surface area contributed by atoms with Gasteiger partial charge in [0.1, 0.15) is 0 Å². The van der Waals surface area contributed by atoms with Gasteiger partial charge in [0.2, 0.25) is 0 Å². The van der Waals surface area contributed by atoms with Crippen LogP contribution in [0.15, 0.2) is 24.3 Å². The van der Waals surface area contributed by atoms with Crippen LogP contribution in [0, 0.1) is 5.92 Å². The van der Waals surface area contributed by atoms with Crippen LogP contribution in [0.3, 0.4) is 0 Å². The number of allylic oxidation sites excluding steroid dienone is 1. The monoisotopic (exact) mass is 350 g/mol. The van der Waals surface area contributed by atoms with E-state index in [4.69, 9.17) is 9.97 Å². The first-order valence-corrected chi connectivity index (χ1v) is 9.84. The maximum Gasteiger partial charge on any atom is 0.0756 e. The molecule has 1 N–H and O–H groups in total. The highest BCUT2D eigenvalue weighted by Gasteiger charge is 2.23. The molecular weight excluding hydrogens is 320 g/mol. The van der Waals surface area contributed by atoms with Crippen LogP contribution in [0.25, 0.3) is 16.8 Å². The molecule has 2 aromatic rings. The number of hydrogen-bond acceptors (Lipinski definition) is 3. The summed E-state index contributed by atoms with van der Waals surface area (Å²) in [6.07, 6.45) is 4.92. The van der Waals surface area contributed by atoms with Gasteiger partial charge >= 0.3 is 0 Å². The van der Waals surface area contributed by atoms with Gasteiger partial charge in [-0.2, -0.15) is 0 Å². The summed E-state index contributed by atoms with van der Waals surface area (Å²) in [5, 5.41) is 9.55. The Kier molecular flexibility index (Phi) is 5.57. The van der Waals surface area contributed by atoms with Gasteiger partial charge in [-0.05, 0) is 53.7 Å². The maximum absolute atomic E-state index is 9.55. The maximum atomic E-state index is 9.55. The highest BCUT2D eigenvalue weighted by atomic mass is 16.3. The standard InChI is InChI=1S/C23H30N2O/c1-6-16-12-19-17(15(5)13-26)8-11-22(19)25-23(16)18-9-10-21(14(3)4)24-20(18)7-2/h8-10,12,14-15,26H,6-7,11,13H2,1-5H3/t15-/m1/s1. The van der Waals surface area contributed by atoms with Crippen LogP contribution >= 0.6 is 0 Å². The van der Waals surface area contributed by atoms with Crippen molar-refractivity contribution in [3.63, 3.8) is 0 Å². The highest BCUT2D eigenvalue weighted by Crippen LogP contribution is 2.36. The van der Waals surface area contributed by atoms with Crippen LogP contribution in [-0.2, 0) is 19.3 Å². The van der Waals surface area contributed by atoms with Gasteiger partial charge in [-0.3, -0.25) is 9.97 Å². The number of aliphatic hydroxyl groups excluding tert-OH is 1. The number of hydrogen-bond donors (Lipinski definition) is 1. The van der Waals surface area contributed by atoms with Crippen molar-refractivity contribution in [3.8, 4) is 11.3 Å². The summed E-state index contributed by atoms with van der Waals surface area (Å²) in [5.74, 6) is 0.589. The molecule has 0 saturated carbocycles. The molecule has 1 atom stereocenters. The molecular formula is C23H30N2O. The third-order valence-corrected chi connectivity index (χ3v) is 5.37. The molecule has 3 nitrogen and oxygen atoms in total. The molecule has 0 spiro atoms. The Morgan fingerprint density at radius 2 is 1.81 bits per heavy atom. The summed E-state index contributed by atoms with van der Waals surface area (Å²) >= 11 is 0. The van der Waals surface area contributed by atoms with Crippen molar-refractivity contribution >= 4 is 5.57 Å². The van der Waals surface area contributed by atoms with Crippen molar-refractivity contribution in [2.24, 2.45) is 5.92 Å². The van der Waals surface area contributed by atoms with Gasteiger partial charge in [0, 0.05) is 35.9 Å². The van der Waals surface area contributed by atoms with Crippen LogP contribution < -0.4 is 0 Å². The SMILES string of the molecule is CCc1cc2c(nc1-c1ccc(C(C)C)nc1CC)CC=C2[C@H](C)CO. The largest absolute Gasteiger partial charge is 0.396 e. The second-order valence-corrected chi connectivity index (χ2v) is 7.53. The van der Waals surface area contributed by atoms with Crippen LogP contribution in [0.1, 0.15) is 68.7 Å². The molecule has 0 amide bonds. The van der Waals surface area contributed by atoms with Crippen molar-refractivity contribution in [2.75, 3.05) is 6.61 Å². The van der Waals surface area contributed by atoms with Crippen LogP contribution in [0.2, 0.25) is 0 Å². The first kappa shape index (κ1) is 18.8. The summed E-state index contributed by atoms with van der Waals surface area (Å²) in [6, 6.07) is 6.64. The summed E-state index contributed by atoms with van der Waals surface area (Å²) in [7, 11) is 0. The Bertz CT molecular complexity index is 836. The smallest absolute Gasteiger partial charge is 0.0756 e. The van der Waals surface area contributed by atoms with E-state index in [2.05, 4.69) is 58.9 Å². The predicted molar refractivity (Wildman–Crippen MR) is 108 cm³/mol. The zero-order chi connectivity index (χ0) is 18.8. The van der Waals surface area contributed by atoms with E-state index in [9.17, 15) is 5.11 Å². The number of aryl methyl sites for hydroxylation is 2.